The van der Waals surface area contributed by atoms with Crippen LogP contribution in [0.4, 0.5) is 0 Å². The van der Waals surface area contributed by atoms with Crippen LogP contribution in [0.3, 0.4) is 0 Å². The highest BCUT2D eigenvalue weighted by molar-refractivity contribution is 7.99. The van der Waals surface area contributed by atoms with Crippen molar-refractivity contribution >= 4 is 17.7 Å². The van der Waals surface area contributed by atoms with Crippen molar-refractivity contribution in [2.45, 2.75) is 25.5 Å². The van der Waals surface area contributed by atoms with Crippen LogP contribution in [0, 0.1) is 6.92 Å². The maximum absolute atomic E-state index is 13.3. The lowest BCUT2D eigenvalue weighted by Crippen LogP contribution is -2.31. The second-order valence-electron chi connectivity index (χ2n) is 7.47. The number of aromatic nitrogens is 6. The minimum Gasteiger partial charge on any atom is -0.338 e. The molecule has 1 amide bonds. The number of hydrogen-bond acceptors (Lipinski definition) is 6. The minimum atomic E-state index is -0.235. The van der Waals surface area contributed by atoms with Crippen LogP contribution in [-0.2, 0) is 18.4 Å². The first-order valence-corrected chi connectivity index (χ1v) is 11.6. The van der Waals surface area contributed by atoms with Gasteiger partial charge in [-0.25, -0.2) is 4.68 Å². The average Bonchev–Trinajstić information content (AvgIpc) is 3.38. The smallest absolute Gasteiger partial charge is 0.297 e. The topological polar surface area (TPSA) is 90.8 Å². The van der Waals surface area contributed by atoms with E-state index in [0.29, 0.717) is 29.6 Å². The summed E-state index contributed by atoms with van der Waals surface area (Å²) >= 11 is 1.22. The van der Waals surface area contributed by atoms with Crippen molar-refractivity contribution in [3.05, 3.63) is 82.3 Å². The van der Waals surface area contributed by atoms with E-state index >= 15 is 0 Å². The van der Waals surface area contributed by atoms with E-state index in [9.17, 15) is 9.59 Å². The zero-order valence-corrected chi connectivity index (χ0v) is 19.6. The molecule has 0 spiro atoms. The molecule has 9 nitrogen and oxygen atoms in total. The van der Waals surface area contributed by atoms with E-state index in [0.717, 1.165) is 11.3 Å². The SMILES string of the molecule is CCN(Cc1ccccc1)C(=O)CSc1nnnn1-c1c(C)n(C)n(-c2ccccc2)c1=O. The summed E-state index contributed by atoms with van der Waals surface area (Å²) in [6.45, 7) is 4.94. The number of amides is 1. The number of hydrogen-bond donors (Lipinski definition) is 0. The van der Waals surface area contributed by atoms with Gasteiger partial charge in [-0.05, 0) is 42.0 Å². The largest absolute Gasteiger partial charge is 0.338 e. The Kier molecular flexibility index (Phi) is 6.74. The highest BCUT2D eigenvalue weighted by atomic mass is 32.2. The molecule has 0 unspecified atom stereocenters. The maximum atomic E-state index is 13.3. The van der Waals surface area contributed by atoms with Crippen LogP contribution in [0.15, 0.2) is 70.6 Å². The van der Waals surface area contributed by atoms with Crippen molar-refractivity contribution in [3.63, 3.8) is 0 Å². The van der Waals surface area contributed by atoms with Crippen LogP contribution in [0.2, 0.25) is 0 Å². The van der Waals surface area contributed by atoms with Gasteiger partial charge in [-0.1, -0.05) is 60.3 Å². The molecule has 2 aromatic carbocycles. The summed E-state index contributed by atoms with van der Waals surface area (Å²) < 4.78 is 4.76. The predicted octanol–water partition coefficient (Wildman–Crippen LogP) is 2.60. The van der Waals surface area contributed by atoms with E-state index < -0.39 is 0 Å². The second-order valence-corrected chi connectivity index (χ2v) is 8.41. The number of benzene rings is 2. The Morgan fingerprint density at radius 3 is 2.39 bits per heavy atom. The Hall–Kier alpha value is -3.66. The summed E-state index contributed by atoms with van der Waals surface area (Å²) in [5, 5.41) is 12.3. The van der Waals surface area contributed by atoms with Gasteiger partial charge in [0.2, 0.25) is 11.1 Å². The molecule has 0 saturated heterocycles. The summed E-state index contributed by atoms with van der Waals surface area (Å²) in [5.41, 5.74) is 2.66. The monoisotopic (exact) mass is 463 g/mol. The molecular weight excluding hydrogens is 438 g/mol. The lowest BCUT2D eigenvalue weighted by molar-refractivity contribution is -0.128. The predicted molar refractivity (Wildman–Crippen MR) is 127 cm³/mol. The quantitative estimate of drug-likeness (QED) is 0.373. The Bertz CT molecular complexity index is 1300. The number of nitrogens with zero attached hydrogens (tertiary/aromatic N) is 7. The number of para-hydroxylation sites is 1. The Morgan fingerprint density at radius 1 is 1.06 bits per heavy atom. The van der Waals surface area contributed by atoms with Crippen molar-refractivity contribution in [2.24, 2.45) is 7.05 Å². The van der Waals surface area contributed by atoms with E-state index in [1.807, 2.05) is 81.6 Å². The number of rotatable bonds is 8. The third kappa shape index (κ3) is 4.61. The lowest BCUT2D eigenvalue weighted by atomic mass is 10.2. The number of thioether (sulfide) groups is 1. The molecule has 0 aliphatic rings. The molecule has 0 aliphatic carbocycles. The fourth-order valence-corrected chi connectivity index (χ4v) is 4.38. The molecule has 0 radical (unpaired) electrons. The van der Waals surface area contributed by atoms with Crippen LogP contribution in [0.1, 0.15) is 18.2 Å². The molecule has 2 heterocycles. The molecule has 0 N–H and O–H groups in total. The second kappa shape index (κ2) is 9.86. The molecule has 4 rings (SSSR count). The Morgan fingerprint density at radius 2 is 1.73 bits per heavy atom. The highest BCUT2D eigenvalue weighted by Crippen LogP contribution is 2.20. The van der Waals surface area contributed by atoms with Crippen molar-refractivity contribution in [1.29, 1.82) is 0 Å². The van der Waals surface area contributed by atoms with Crippen LogP contribution < -0.4 is 5.56 Å². The molecule has 33 heavy (non-hydrogen) atoms. The molecule has 0 bridgehead atoms. The molecule has 2 aromatic heterocycles. The first kappa shape index (κ1) is 22.5. The van der Waals surface area contributed by atoms with E-state index in [1.54, 1.807) is 14.3 Å². The molecule has 0 aliphatic heterocycles. The van der Waals surface area contributed by atoms with Crippen LogP contribution >= 0.6 is 11.8 Å². The zero-order valence-electron chi connectivity index (χ0n) is 18.8. The summed E-state index contributed by atoms with van der Waals surface area (Å²) in [7, 11) is 1.82. The van der Waals surface area contributed by atoms with Crippen molar-refractivity contribution in [3.8, 4) is 11.4 Å². The van der Waals surface area contributed by atoms with Gasteiger partial charge in [0.15, 0.2) is 5.69 Å². The third-order valence-corrected chi connectivity index (χ3v) is 6.36. The number of tetrazole rings is 1. The van der Waals surface area contributed by atoms with Gasteiger partial charge in [0.1, 0.15) is 0 Å². The number of carbonyl (C=O) groups is 1. The first-order chi connectivity index (χ1) is 16.0. The summed E-state index contributed by atoms with van der Waals surface area (Å²) in [6.07, 6.45) is 0. The molecule has 4 aromatic rings. The minimum absolute atomic E-state index is 0.0209. The van der Waals surface area contributed by atoms with Gasteiger partial charge in [-0.15, -0.1) is 5.10 Å². The van der Waals surface area contributed by atoms with E-state index in [4.69, 9.17) is 0 Å². The summed E-state index contributed by atoms with van der Waals surface area (Å²) in [6, 6.07) is 19.3. The van der Waals surface area contributed by atoms with Gasteiger partial charge in [0.25, 0.3) is 5.56 Å². The molecule has 170 valence electrons. The van der Waals surface area contributed by atoms with Crippen molar-refractivity contribution in [2.75, 3.05) is 12.3 Å². The van der Waals surface area contributed by atoms with Crippen LogP contribution in [-0.4, -0.2) is 52.7 Å². The number of carbonyl (C=O) groups excluding carboxylic acids is 1. The fraction of sp³-hybridized carbons (Fsp3) is 0.261. The summed E-state index contributed by atoms with van der Waals surface area (Å²) in [5.74, 6) is 0.146. The Labute approximate surface area is 195 Å². The highest BCUT2D eigenvalue weighted by Gasteiger charge is 2.23. The standard InChI is InChI=1S/C23H25N7O2S/c1-4-28(15-18-11-7-5-8-12-18)20(31)16-33-23-24-25-26-29(23)21-17(2)27(3)30(22(21)32)19-13-9-6-10-14-19/h5-14H,4,15-16H2,1-3H3. The van der Waals surface area contributed by atoms with E-state index in [1.165, 1.54) is 16.4 Å². The molecular formula is C23H25N7O2S. The zero-order chi connectivity index (χ0) is 23.4. The van der Waals surface area contributed by atoms with E-state index in [2.05, 4.69) is 15.5 Å². The van der Waals surface area contributed by atoms with Crippen LogP contribution in [0.25, 0.3) is 11.4 Å². The van der Waals surface area contributed by atoms with Crippen molar-refractivity contribution in [1.82, 2.24) is 34.5 Å². The summed E-state index contributed by atoms with van der Waals surface area (Å²) in [4.78, 5) is 27.9. The van der Waals surface area contributed by atoms with Gasteiger partial charge in [0.05, 0.1) is 17.1 Å². The molecule has 0 fully saturated rings. The van der Waals surface area contributed by atoms with Gasteiger partial charge in [0, 0.05) is 20.1 Å². The molecule has 0 saturated carbocycles. The average molecular weight is 464 g/mol. The fourth-order valence-electron chi connectivity index (χ4n) is 3.61. The van der Waals surface area contributed by atoms with Gasteiger partial charge >= 0.3 is 0 Å². The lowest BCUT2D eigenvalue weighted by Gasteiger charge is -2.20. The van der Waals surface area contributed by atoms with Gasteiger partial charge in [-0.3, -0.25) is 14.3 Å². The van der Waals surface area contributed by atoms with Crippen molar-refractivity contribution < 1.29 is 4.79 Å². The van der Waals surface area contributed by atoms with Gasteiger partial charge in [-0.2, -0.15) is 4.68 Å². The maximum Gasteiger partial charge on any atom is 0.297 e. The first-order valence-electron chi connectivity index (χ1n) is 10.6. The van der Waals surface area contributed by atoms with E-state index in [-0.39, 0.29) is 17.2 Å². The normalized spacial score (nSPS) is 11.0. The van der Waals surface area contributed by atoms with Crippen LogP contribution in [0.5, 0.6) is 0 Å². The molecule has 0 atom stereocenters. The third-order valence-electron chi connectivity index (χ3n) is 5.45. The van der Waals surface area contributed by atoms with Gasteiger partial charge < -0.3 is 4.90 Å². The Balaban J connectivity index is 1.56. The molecule has 10 heteroatoms.